The van der Waals surface area contributed by atoms with Gasteiger partial charge in [0.2, 0.25) is 5.91 Å². The minimum absolute atomic E-state index is 0.226. The number of aromatic nitrogens is 4. The summed E-state index contributed by atoms with van der Waals surface area (Å²) in [7, 11) is 0.507. The first-order valence-electron chi connectivity index (χ1n) is 12.9. The van der Waals surface area contributed by atoms with Gasteiger partial charge in [0.05, 0.1) is 23.3 Å². The van der Waals surface area contributed by atoms with Crippen LogP contribution in [0.4, 0.5) is 0 Å². The predicted octanol–water partition coefficient (Wildman–Crippen LogP) is 2.94. The van der Waals surface area contributed by atoms with Gasteiger partial charge in [0.15, 0.2) is 6.10 Å². The first-order chi connectivity index (χ1) is 18.5. The van der Waals surface area contributed by atoms with Gasteiger partial charge < -0.3 is 20.9 Å². The first-order valence-corrected chi connectivity index (χ1v) is 16.6. The van der Waals surface area contributed by atoms with E-state index in [1.165, 1.54) is 0 Å². The van der Waals surface area contributed by atoms with Crippen molar-refractivity contribution in [1.29, 1.82) is 0 Å². The molecule has 2 aromatic carbocycles. The molecule has 4 N–H and O–H groups in total. The van der Waals surface area contributed by atoms with Crippen LogP contribution in [0.5, 0.6) is 0 Å². The fourth-order valence-corrected chi connectivity index (χ4v) is 5.13. The number of primary amides is 1. The molecule has 2 atom stereocenters. The average Bonchev–Trinajstić information content (AvgIpc) is 3.49. The summed E-state index contributed by atoms with van der Waals surface area (Å²) in [6, 6.07) is 15.1. The summed E-state index contributed by atoms with van der Waals surface area (Å²) in [6.45, 7) is 7.85. The van der Waals surface area contributed by atoms with E-state index in [1.54, 1.807) is 28.8 Å². The monoisotopic (exact) mass is 548 g/mol. The Morgan fingerprint density at radius 3 is 2.56 bits per heavy atom. The highest BCUT2D eigenvalue weighted by molar-refractivity contribution is 6.76. The van der Waals surface area contributed by atoms with Crippen LogP contribution in [-0.2, 0) is 29.7 Å². The number of carbonyl (C=O) groups is 2. The molecule has 39 heavy (non-hydrogen) atoms. The highest BCUT2D eigenvalue weighted by Crippen LogP contribution is 2.30. The summed E-state index contributed by atoms with van der Waals surface area (Å²) in [5.41, 5.74) is 8.52. The predicted molar refractivity (Wildman–Crippen MR) is 153 cm³/mol. The number of hydrogen-bond acceptors (Lipinski definition) is 6. The van der Waals surface area contributed by atoms with E-state index in [0.717, 1.165) is 28.1 Å². The normalized spacial score (nSPS) is 13.4. The van der Waals surface area contributed by atoms with Crippen LogP contribution >= 0.6 is 0 Å². The summed E-state index contributed by atoms with van der Waals surface area (Å²) in [5, 5.41) is 23.3. The Hall–Kier alpha value is -3.80. The van der Waals surface area contributed by atoms with Gasteiger partial charge in [0, 0.05) is 38.9 Å². The SMILES string of the molecule is Cn1cc(C(=O)NC(Cc2ccccc2)C(O)C(N)=O)c(-c2cccc3cnn(COCC[Si](C)(C)C)c23)n1. The molecule has 11 heteroatoms. The molecule has 0 aliphatic heterocycles. The number of carbonyl (C=O) groups excluding carboxylic acids is 2. The van der Waals surface area contributed by atoms with Crippen LogP contribution < -0.4 is 11.1 Å². The van der Waals surface area contributed by atoms with E-state index in [1.807, 2.05) is 48.5 Å². The Morgan fingerprint density at radius 1 is 1.13 bits per heavy atom. The summed E-state index contributed by atoms with van der Waals surface area (Å²) in [5.74, 6) is -1.39. The van der Waals surface area contributed by atoms with Gasteiger partial charge in [-0.1, -0.05) is 68.2 Å². The van der Waals surface area contributed by atoms with E-state index < -0.39 is 32.0 Å². The Morgan fingerprint density at radius 2 is 1.87 bits per heavy atom. The van der Waals surface area contributed by atoms with Gasteiger partial charge >= 0.3 is 0 Å². The van der Waals surface area contributed by atoms with Crippen LogP contribution in [0.3, 0.4) is 0 Å². The lowest BCUT2D eigenvalue weighted by molar-refractivity contribution is -0.127. The van der Waals surface area contributed by atoms with Gasteiger partial charge in [-0.2, -0.15) is 10.2 Å². The molecule has 0 aliphatic carbocycles. The van der Waals surface area contributed by atoms with Crippen molar-refractivity contribution in [2.45, 2.75) is 51.0 Å². The number of nitrogens with two attached hydrogens (primary N) is 1. The van der Waals surface area contributed by atoms with Gasteiger partial charge in [-0.05, 0) is 18.0 Å². The van der Waals surface area contributed by atoms with Crippen molar-refractivity contribution in [2.75, 3.05) is 6.61 Å². The molecule has 0 fully saturated rings. The number of amides is 2. The Bertz CT molecular complexity index is 1440. The van der Waals surface area contributed by atoms with Gasteiger partial charge in [0.25, 0.3) is 5.91 Å². The first kappa shape index (κ1) is 28.2. The molecule has 2 aromatic heterocycles. The third kappa shape index (κ3) is 6.99. The largest absolute Gasteiger partial charge is 0.381 e. The Labute approximate surface area is 228 Å². The molecule has 0 saturated carbocycles. The van der Waals surface area contributed by atoms with E-state index >= 15 is 0 Å². The maximum absolute atomic E-state index is 13.6. The number of aliphatic hydroxyl groups excluding tert-OH is 1. The van der Waals surface area contributed by atoms with Gasteiger partial charge in [-0.3, -0.25) is 14.3 Å². The molecular weight excluding hydrogens is 512 g/mol. The molecule has 0 spiro atoms. The molecule has 0 radical (unpaired) electrons. The van der Waals surface area contributed by atoms with Crippen molar-refractivity contribution >= 4 is 30.8 Å². The average molecular weight is 549 g/mol. The number of nitrogens with one attached hydrogen (secondary N) is 1. The van der Waals surface area contributed by atoms with E-state index in [-0.39, 0.29) is 13.2 Å². The molecule has 2 unspecified atom stereocenters. The summed E-state index contributed by atoms with van der Waals surface area (Å²) in [4.78, 5) is 25.4. The minimum atomic E-state index is -1.56. The second-order valence-electron chi connectivity index (χ2n) is 10.9. The van der Waals surface area contributed by atoms with Crippen LogP contribution in [0.2, 0.25) is 25.7 Å². The molecule has 4 rings (SSSR count). The zero-order chi connectivity index (χ0) is 28.2. The lowest BCUT2D eigenvalue weighted by Gasteiger charge is -2.22. The number of nitrogens with zero attached hydrogens (tertiary/aromatic N) is 4. The third-order valence-electron chi connectivity index (χ3n) is 6.49. The highest BCUT2D eigenvalue weighted by atomic mass is 28.3. The molecule has 4 aromatic rings. The second-order valence-corrected chi connectivity index (χ2v) is 16.5. The molecule has 10 nitrogen and oxygen atoms in total. The summed E-state index contributed by atoms with van der Waals surface area (Å²) in [6.07, 6.45) is 2.05. The number of aliphatic hydroxyl groups is 1. The maximum Gasteiger partial charge on any atom is 0.255 e. The molecule has 2 heterocycles. The van der Waals surface area contributed by atoms with E-state index in [0.29, 0.717) is 17.9 Å². The van der Waals surface area contributed by atoms with Gasteiger partial charge in [-0.15, -0.1) is 0 Å². The second kappa shape index (κ2) is 11.9. The van der Waals surface area contributed by atoms with Crippen LogP contribution in [0.1, 0.15) is 15.9 Å². The van der Waals surface area contributed by atoms with Crippen molar-refractivity contribution < 1.29 is 19.4 Å². The van der Waals surface area contributed by atoms with E-state index in [9.17, 15) is 14.7 Å². The molecular formula is C28H36N6O4Si. The fourth-order valence-electron chi connectivity index (χ4n) is 4.37. The maximum atomic E-state index is 13.6. The number of para-hydroxylation sites is 1. The number of benzene rings is 2. The van der Waals surface area contributed by atoms with E-state index in [2.05, 4.69) is 35.2 Å². The molecule has 206 valence electrons. The lowest BCUT2D eigenvalue weighted by Crippen LogP contribution is -2.50. The topological polar surface area (TPSA) is 137 Å². The smallest absolute Gasteiger partial charge is 0.255 e. The van der Waals surface area contributed by atoms with Crippen LogP contribution in [0.15, 0.2) is 60.9 Å². The Balaban J connectivity index is 1.63. The number of aryl methyl sites for hydroxylation is 1. The molecule has 0 bridgehead atoms. The molecule has 0 saturated heterocycles. The van der Waals surface area contributed by atoms with Crippen molar-refractivity contribution in [1.82, 2.24) is 24.9 Å². The van der Waals surface area contributed by atoms with Crippen molar-refractivity contribution in [3.63, 3.8) is 0 Å². The van der Waals surface area contributed by atoms with Crippen molar-refractivity contribution in [2.24, 2.45) is 12.8 Å². The van der Waals surface area contributed by atoms with Crippen LogP contribution in [-0.4, -0.2) is 63.3 Å². The lowest BCUT2D eigenvalue weighted by atomic mass is 9.99. The minimum Gasteiger partial charge on any atom is -0.381 e. The van der Waals surface area contributed by atoms with Crippen LogP contribution in [0, 0.1) is 0 Å². The summed E-state index contributed by atoms with van der Waals surface area (Å²) < 4.78 is 9.29. The molecule has 2 amide bonds. The quantitative estimate of drug-likeness (QED) is 0.184. The number of hydrogen-bond donors (Lipinski definition) is 3. The van der Waals surface area contributed by atoms with Gasteiger partial charge in [-0.25, -0.2) is 4.68 Å². The van der Waals surface area contributed by atoms with E-state index in [4.69, 9.17) is 10.5 Å². The third-order valence-corrected chi connectivity index (χ3v) is 8.19. The molecule has 0 aliphatic rings. The van der Waals surface area contributed by atoms with Crippen molar-refractivity contribution in [3.05, 3.63) is 72.1 Å². The van der Waals surface area contributed by atoms with Gasteiger partial charge in [0.1, 0.15) is 12.4 Å². The Kier molecular flexibility index (Phi) is 8.63. The standard InChI is InChI=1S/C28H36N6O4Si/c1-33-17-22(28(37)31-23(26(35)27(29)36)15-19-9-6-5-7-10-19)24(32-33)21-12-8-11-20-16-30-34(25(20)21)18-38-13-14-39(2,3)4/h5-12,16-17,23,26,35H,13-15,18H2,1-4H3,(H2,29,36)(H,31,37). The van der Waals surface area contributed by atoms with Crippen molar-refractivity contribution in [3.8, 4) is 11.3 Å². The zero-order valence-electron chi connectivity index (χ0n) is 22.8. The number of ether oxygens (including phenoxy) is 1. The zero-order valence-corrected chi connectivity index (χ0v) is 23.8. The fraction of sp³-hybridized carbons (Fsp3) is 0.357. The number of fused-ring (bicyclic) bond motifs is 1. The summed E-state index contributed by atoms with van der Waals surface area (Å²) >= 11 is 0. The highest BCUT2D eigenvalue weighted by Gasteiger charge is 2.29. The number of rotatable bonds is 12. The van der Waals surface area contributed by atoms with Crippen LogP contribution in [0.25, 0.3) is 22.2 Å².